The van der Waals surface area contributed by atoms with Crippen LogP contribution in [0.25, 0.3) is 0 Å². The normalized spacial score (nSPS) is 20.8. The van der Waals surface area contributed by atoms with Crippen LogP contribution in [0.4, 0.5) is 5.69 Å². The molecular weight excluding hydrogens is 311 g/mol. The third-order valence-corrected chi connectivity index (χ3v) is 4.30. The highest BCUT2D eigenvalue weighted by molar-refractivity contribution is 6.43. The van der Waals surface area contributed by atoms with E-state index in [2.05, 4.69) is 15.5 Å². The van der Waals surface area contributed by atoms with Gasteiger partial charge in [-0.3, -0.25) is 0 Å². The first-order chi connectivity index (χ1) is 10.0. The second-order valence-corrected chi connectivity index (χ2v) is 5.53. The number of halogens is 2. The van der Waals surface area contributed by atoms with E-state index in [-0.39, 0.29) is 10.6 Å². The number of aromatic nitrogens is 1. The maximum atomic E-state index is 6.34. The first kappa shape index (κ1) is 14.1. The number of quaternary nitrogens is 1. The molecule has 108 valence electrons. The average Bonchev–Trinajstić information content (AvgIpc) is 3.02. The summed E-state index contributed by atoms with van der Waals surface area (Å²) in [5, 5.41) is 12.6. The third-order valence-electron chi connectivity index (χ3n) is 3.49. The average molecular weight is 324 g/mol. The third kappa shape index (κ3) is 2.21. The fourth-order valence-electron chi connectivity index (χ4n) is 2.30. The number of aryl methyl sites for hydroxylation is 1. The smallest absolute Gasteiger partial charge is 0.350 e. The second kappa shape index (κ2) is 5.14. The molecule has 0 fully saturated rings. The van der Waals surface area contributed by atoms with E-state index in [0.29, 0.717) is 22.3 Å². The van der Waals surface area contributed by atoms with Crippen molar-refractivity contribution in [1.29, 1.82) is 0 Å². The molecular formula is C13H13Cl2N6+. The van der Waals surface area contributed by atoms with Gasteiger partial charge in [0.1, 0.15) is 5.02 Å². The SMILES string of the molecule is Cn1cccc1C[N@+]1(c2cccc(Cl)c2Cl)N=NN=C1N. The Labute approximate surface area is 131 Å². The van der Waals surface area contributed by atoms with E-state index in [1.165, 1.54) is 0 Å². The summed E-state index contributed by atoms with van der Waals surface area (Å²) in [5.74, 6) is 0.250. The quantitative estimate of drug-likeness (QED) is 0.863. The summed E-state index contributed by atoms with van der Waals surface area (Å²) in [5.41, 5.74) is 7.72. The molecule has 2 heterocycles. The summed E-state index contributed by atoms with van der Waals surface area (Å²) < 4.78 is 1.87. The van der Waals surface area contributed by atoms with Crippen molar-refractivity contribution in [3.05, 3.63) is 52.3 Å². The summed E-state index contributed by atoms with van der Waals surface area (Å²) in [4.78, 5) is 0. The molecule has 0 unspecified atom stereocenters. The van der Waals surface area contributed by atoms with Crippen LogP contribution in [0.5, 0.6) is 0 Å². The first-order valence-electron chi connectivity index (χ1n) is 6.24. The minimum absolute atomic E-state index is 0.114. The number of hydrogen-bond acceptors (Lipinski definition) is 4. The highest BCUT2D eigenvalue weighted by Gasteiger charge is 2.44. The summed E-state index contributed by atoms with van der Waals surface area (Å²) in [7, 11) is 1.95. The molecule has 0 saturated heterocycles. The minimum Gasteiger partial charge on any atom is -0.350 e. The monoisotopic (exact) mass is 323 g/mol. The number of nitrogens with zero attached hydrogens (tertiary/aromatic N) is 5. The molecule has 2 N–H and O–H groups in total. The molecule has 0 bridgehead atoms. The molecule has 1 atom stereocenters. The van der Waals surface area contributed by atoms with Crippen LogP contribution in [-0.4, -0.2) is 10.5 Å². The largest absolute Gasteiger partial charge is 0.354 e. The Morgan fingerprint density at radius 1 is 1.24 bits per heavy atom. The van der Waals surface area contributed by atoms with Crippen LogP contribution in [-0.2, 0) is 13.6 Å². The maximum Gasteiger partial charge on any atom is 0.354 e. The van der Waals surface area contributed by atoms with Crippen molar-refractivity contribution in [2.75, 3.05) is 0 Å². The topological polar surface area (TPSA) is 68.0 Å². The Bertz CT molecular complexity index is 751. The molecule has 0 saturated carbocycles. The molecule has 0 radical (unpaired) electrons. The predicted octanol–water partition coefficient (Wildman–Crippen LogP) is 3.45. The summed E-state index contributed by atoms with van der Waals surface area (Å²) in [6.45, 7) is 0.447. The van der Waals surface area contributed by atoms with Crippen molar-refractivity contribution in [2.24, 2.45) is 28.3 Å². The van der Waals surface area contributed by atoms with Gasteiger partial charge in [-0.1, -0.05) is 33.9 Å². The first-order valence-corrected chi connectivity index (χ1v) is 6.99. The predicted molar refractivity (Wildman–Crippen MR) is 83.9 cm³/mol. The number of guanidine groups is 1. The highest BCUT2D eigenvalue weighted by Crippen LogP contribution is 2.39. The van der Waals surface area contributed by atoms with Gasteiger partial charge >= 0.3 is 5.96 Å². The van der Waals surface area contributed by atoms with E-state index in [4.69, 9.17) is 28.9 Å². The number of rotatable bonds is 3. The fraction of sp³-hybridized carbons (Fsp3) is 0.154. The standard InChI is InChI=1S/C13H13Cl2N6/c1-20-7-3-4-9(20)8-21(13(16)17-18-19-21)11-6-2-5-10(14)12(11)15/h2-7H,8H2,1H3,(H2,16,17,19)/q+1/t21-/m1/s1. The molecule has 0 spiro atoms. The van der Waals surface area contributed by atoms with Crippen LogP contribution < -0.4 is 10.3 Å². The summed E-state index contributed by atoms with van der Waals surface area (Å²) >= 11 is 12.5. The van der Waals surface area contributed by atoms with E-state index in [9.17, 15) is 0 Å². The lowest BCUT2D eigenvalue weighted by atomic mass is 10.2. The Morgan fingerprint density at radius 2 is 2.05 bits per heavy atom. The molecule has 6 nitrogen and oxygen atoms in total. The van der Waals surface area contributed by atoms with Crippen molar-refractivity contribution in [3.8, 4) is 0 Å². The molecule has 3 rings (SSSR count). The van der Waals surface area contributed by atoms with Crippen LogP contribution >= 0.6 is 23.2 Å². The highest BCUT2D eigenvalue weighted by atomic mass is 35.5. The second-order valence-electron chi connectivity index (χ2n) is 4.75. The summed E-state index contributed by atoms with van der Waals surface area (Å²) in [6.07, 6.45) is 1.95. The van der Waals surface area contributed by atoms with Crippen LogP contribution in [0.2, 0.25) is 10.0 Å². The Hall–Kier alpha value is -1.89. The molecule has 21 heavy (non-hydrogen) atoms. The van der Waals surface area contributed by atoms with Crippen LogP contribution in [0.3, 0.4) is 0 Å². The van der Waals surface area contributed by atoms with Gasteiger partial charge in [0.15, 0.2) is 12.2 Å². The zero-order valence-corrected chi connectivity index (χ0v) is 12.8. The lowest BCUT2D eigenvalue weighted by Crippen LogP contribution is -2.51. The van der Waals surface area contributed by atoms with Crippen LogP contribution in [0, 0.1) is 0 Å². The molecule has 1 aliphatic rings. The van der Waals surface area contributed by atoms with Gasteiger partial charge in [0.25, 0.3) is 0 Å². The fourth-order valence-corrected chi connectivity index (χ4v) is 2.73. The zero-order valence-electron chi connectivity index (χ0n) is 11.2. The van der Waals surface area contributed by atoms with Gasteiger partial charge in [0.05, 0.1) is 15.9 Å². The van der Waals surface area contributed by atoms with Gasteiger partial charge in [0.2, 0.25) is 0 Å². The molecule has 8 heteroatoms. The number of benzene rings is 1. The molecule has 1 aliphatic heterocycles. The molecule has 2 aromatic rings. The lowest BCUT2D eigenvalue weighted by molar-refractivity contribution is 0.403. The van der Waals surface area contributed by atoms with Crippen molar-refractivity contribution in [1.82, 2.24) is 9.16 Å². The van der Waals surface area contributed by atoms with Gasteiger partial charge in [-0.25, -0.2) is 0 Å². The number of nitrogens with two attached hydrogens (primary N) is 1. The Kier molecular flexibility index (Phi) is 3.44. The lowest BCUT2D eigenvalue weighted by Gasteiger charge is -2.25. The minimum atomic E-state index is -0.114. The van der Waals surface area contributed by atoms with E-state index in [0.717, 1.165) is 5.69 Å². The Balaban J connectivity index is 2.15. The zero-order chi connectivity index (χ0) is 15.0. The molecule has 0 amide bonds. The van der Waals surface area contributed by atoms with Crippen molar-refractivity contribution >= 4 is 34.8 Å². The van der Waals surface area contributed by atoms with Crippen LogP contribution in [0.1, 0.15) is 5.69 Å². The Morgan fingerprint density at radius 3 is 2.67 bits per heavy atom. The van der Waals surface area contributed by atoms with Crippen LogP contribution in [0.15, 0.2) is 52.1 Å². The molecule has 0 aliphatic carbocycles. The van der Waals surface area contributed by atoms with Gasteiger partial charge < -0.3 is 10.3 Å². The van der Waals surface area contributed by atoms with E-state index < -0.39 is 0 Å². The maximum absolute atomic E-state index is 6.34. The van der Waals surface area contributed by atoms with E-state index in [1.54, 1.807) is 12.1 Å². The van der Waals surface area contributed by atoms with Gasteiger partial charge in [0, 0.05) is 24.5 Å². The molecule has 1 aromatic carbocycles. The van der Waals surface area contributed by atoms with Gasteiger partial charge in [-0.05, 0) is 23.3 Å². The van der Waals surface area contributed by atoms with E-state index >= 15 is 0 Å². The number of hydrogen-bond donors (Lipinski definition) is 1. The van der Waals surface area contributed by atoms with Gasteiger partial charge in [-0.2, -0.15) is 0 Å². The van der Waals surface area contributed by atoms with Gasteiger partial charge in [-0.15, -0.1) is 0 Å². The molecule has 1 aromatic heterocycles. The van der Waals surface area contributed by atoms with E-state index in [1.807, 2.05) is 36.0 Å². The summed E-state index contributed by atoms with van der Waals surface area (Å²) in [6, 6.07) is 9.28. The van der Waals surface area contributed by atoms with Crippen molar-refractivity contribution in [2.45, 2.75) is 6.54 Å². The van der Waals surface area contributed by atoms with Crippen molar-refractivity contribution < 1.29 is 0 Å². The van der Waals surface area contributed by atoms with Crippen molar-refractivity contribution in [3.63, 3.8) is 0 Å².